The second kappa shape index (κ2) is 7.02. The van der Waals surface area contributed by atoms with E-state index in [9.17, 15) is 4.79 Å². The van der Waals surface area contributed by atoms with E-state index in [1.165, 1.54) is 12.8 Å². The van der Waals surface area contributed by atoms with Crippen LogP contribution in [0.2, 0.25) is 0 Å². The van der Waals surface area contributed by atoms with Gasteiger partial charge in [0.05, 0.1) is 17.8 Å². The average molecular weight is 315 g/mol. The fraction of sp³-hybridized carbons (Fsp3) is 0.556. The molecule has 0 radical (unpaired) electrons. The number of nitrogens with one attached hydrogen (secondary N) is 1. The molecular weight excluding hydrogens is 290 g/mol. The highest BCUT2D eigenvalue weighted by molar-refractivity contribution is 6.00. The van der Waals surface area contributed by atoms with Gasteiger partial charge in [-0.25, -0.2) is 0 Å². The zero-order chi connectivity index (χ0) is 16.2. The molecule has 5 nitrogen and oxygen atoms in total. The van der Waals surface area contributed by atoms with Crippen LogP contribution in [0, 0.1) is 5.92 Å². The van der Waals surface area contributed by atoms with Crippen molar-refractivity contribution < 1.29 is 9.63 Å². The molecule has 1 aromatic carbocycles. The number of benzene rings is 1. The Balaban J connectivity index is 1.59. The van der Waals surface area contributed by atoms with Gasteiger partial charge in [-0.15, -0.1) is 0 Å². The molecule has 0 spiro atoms. The zero-order valence-electron chi connectivity index (χ0n) is 13.9. The van der Waals surface area contributed by atoms with Crippen LogP contribution in [-0.2, 0) is 4.84 Å². The fourth-order valence-electron chi connectivity index (χ4n) is 3.10. The van der Waals surface area contributed by atoms with Crippen LogP contribution in [0.1, 0.15) is 43.5 Å². The van der Waals surface area contributed by atoms with Gasteiger partial charge in [0.1, 0.15) is 6.10 Å². The van der Waals surface area contributed by atoms with E-state index < -0.39 is 0 Å². The number of hydrogen-bond acceptors (Lipinski definition) is 4. The number of oxime groups is 1. The third kappa shape index (κ3) is 3.66. The lowest BCUT2D eigenvalue weighted by molar-refractivity contribution is 0.0753. The topological polar surface area (TPSA) is 53.9 Å². The Morgan fingerprint density at radius 3 is 2.78 bits per heavy atom. The van der Waals surface area contributed by atoms with Crippen LogP contribution in [-0.4, -0.2) is 37.4 Å². The molecule has 0 bridgehead atoms. The van der Waals surface area contributed by atoms with Crippen molar-refractivity contribution in [2.24, 2.45) is 11.1 Å². The smallest absolute Gasteiger partial charge is 0.253 e. The molecule has 1 aromatic rings. The molecule has 2 aliphatic heterocycles. The summed E-state index contributed by atoms with van der Waals surface area (Å²) in [6.45, 7) is 6.76. The first-order valence-electron chi connectivity index (χ1n) is 8.50. The van der Waals surface area contributed by atoms with E-state index in [0.717, 1.165) is 36.5 Å². The van der Waals surface area contributed by atoms with Gasteiger partial charge in [-0.3, -0.25) is 4.79 Å². The second-order valence-electron chi connectivity index (χ2n) is 6.59. The second-order valence-corrected chi connectivity index (χ2v) is 6.59. The van der Waals surface area contributed by atoms with E-state index in [-0.39, 0.29) is 12.0 Å². The summed E-state index contributed by atoms with van der Waals surface area (Å²) in [4.78, 5) is 20.3. The first-order chi connectivity index (χ1) is 11.1. The number of carbonyl (C=O) groups excluding carboxylic acids is 1. The molecule has 1 saturated heterocycles. The van der Waals surface area contributed by atoms with Crippen molar-refractivity contribution >= 4 is 17.3 Å². The molecule has 2 heterocycles. The van der Waals surface area contributed by atoms with Gasteiger partial charge >= 0.3 is 0 Å². The number of rotatable bonds is 5. The summed E-state index contributed by atoms with van der Waals surface area (Å²) < 4.78 is 0. The number of amides is 1. The van der Waals surface area contributed by atoms with E-state index >= 15 is 0 Å². The molecular formula is C18H25N3O2. The first-order valence-corrected chi connectivity index (χ1v) is 8.50. The minimum absolute atomic E-state index is 0.0332. The quantitative estimate of drug-likeness (QED) is 0.909. The fourth-order valence-corrected chi connectivity index (χ4v) is 3.10. The van der Waals surface area contributed by atoms with Crippen LogP contribution in [0.25, 0.3) is 0 Å². The molecule has 3 rings (SSSR count). The summed E-state index contributed by atoms with van der Waals surface area (Å²) in [5, 5.41) is 7.11. The van der Waals surface area contributed by atoms with Crippen molar-refractivity contribution in [3.8, 4) is 0 Å². The standard InChI is InChI=1S/C18H25N3O2/c1-13(2)16-11-14(23-20-16)12-19-18(22)15-7-3-4-8-17(15)21-9-5-6-10-21/h3-4,7-8,13-14H,5-6,9-12H2,1-2H3,(H,19,22)/t14-/m1/s1. The Kier molecular flexibility index (Phi) is 4.84. The number of hydrogen-bond donors (Lipinski definition) is 1. The van der Waals surface area contributed by atoms with Crippen LogP contribution < -0.4 is 10.2 Å². The summed E-state index contributed by atoms with van der Waals surface area (Å²) in [6, 6.07) is 7.84. The molecule has 2 aliphatic rings. The van der Waals surface area contributed by atoms with Gasteiger partial charge < -0.3 is 15.1 Å². The van der Waals surface area contributed by atoms with Crippen LogP contribution in [0.3, 0.4) is 0 Å². The van der Waals surface area contributed by atoms with Crippen molar-refractivity contribution in [1.29, 1.82) is 0 Å². The molecule has 0 unspecified atom stereocenters. The summed E-state index contributed by atoms with van der Waals surface area (Å²) in [5.74, 6) is 0.362. The minimum Gasteiger partial charge on any atom is -0.390 e. The summed E-state index contributed by atoms with van der Waals surface area (Å²) in [6.07, 6.45) is 3.14. The van der Waals surface area contributed by atoms with Crippen LogP contribution in [0.4, 0.5) is 5.69 Å². The van der Waals surface area contributed by atoms with Gasteiger partial charge in [-0.2, -0.15) is 0 Å². The third-order valence-corrected chi connectivity index (χ3v) is 4.51. The van der Waals surface area contributed by atoms with Crippen molar-refractivity contribution in [2.45, 2.75) is 39.2 Å². The minimum atomic E-state index is -0.0460. The Labute approximate surface area is 137 Å². The molecule has 124 valence electrons. The summed E-state index contributed by atoms with van der Waals surface area (Å²) in [5.41, 5.74) is 2.85. The monoisotopic (exact) mass is 315 g/mol. The van der Waals surface area contributed by atoms with Crippen LogP contribution in [0.15, 0.2) is 29.4 Å². The lowest BCUT2D eigenvalue weighted by Gasteiger charge is -2.21. The number of anilines is 1. The van der Waals surface area contributed by atoms with Gasteiger partial charge in [0, 0.05) is 25.2 Å². The Bertz CT molecular complexity index is 592. The number of nitrogens with zero attached hydrogens (tertiary/aromatic N) is 2. The maximum atomic E-state index is 12.6. The largest absolute Gasteiger partial charge is 0.390 e. The van der Waals surface area contributed by atoms with Gasteiger partial charge in [-0.1, -0.05) is 31.1 Å². The molecule has 1 N–H and O–H groups in total. The van der Waals surface area contributed by atoms with Crippen LogP contribution >= 0.6 is 0 Å². The van der Waals surface area contributed by atoms with Crippen molar-refractivity contribution in [2.75, 3.05) is 24.5 Å². The predicted molar refractivity (Wildman–Crippen MR) is 92.0 cm³/mol. The Morgan fingerprint density at radius 2 is 2.09 bits per heavy atom. The molecule has 0 saturated carbocycles. The summed E-state index contributed by atoms with van der Waals surface area (Å²) in [7, 11) is 0. The van der Waals surface area contributed by atoms with E-state index in [1.54, 1.807) is 0 Å². The molecule has 1 amide bonds. The average Bonchev–Trinajstić information content (AvgIpc) is 3.24. The lowest BCUT2D eigenvalue weighted by atomic mass is 10.0. The number of para-hydroxylation sites is 1. The normalized spacial score (nSPS) is 20.6. The highest BCUT2D eigenvalue weighted by Gasteiger charge is 2.24. The van der Waals surface area contributed by atoms with E-state index in [2.05, 4.69) is 29.2 Å². The molecule has 0 aliphatic carbocycles. The summed E-state index contributed by atoms with van der Waals surface area (Å²) >= 11 is 0. The molecule has 0 aromatic heterocycles. The van der Waals surface area contributed by atoms with Gasteiger partial charge in [0.25, 0.3) is 5.91 Å². The van der Waals surface area contributed by atoms with E-state index in [4.69, 9.17) is 4.84 Å². The first kappa shape index (κ1) is 15.8. The van der Waals surface area contributed by atoms with E-state index in [1.807, 2.05) is 24.3 Å². The van der Waals surface area contributed by atoms with Gasteiger partial charge in [-0.05, 0) is 30.9 Å². The predicted octanol–water partition coefficient (Wildman–Crippen LogP) is 2.82. The van der Waals surface area contributed by atoms with E-state index in [0.29, 0.717) is 12.5 Å². The van der Waals surface area contributed by atoms with Crippen molar-refractivity contribution in [1.82, 2.24) is 5.32 Å². The zero-order valence-corrected chi connectivity index (χ0v) is 13.9. The van der Waals surface area contributed by atoms with Crippen molar-refractivity contribution in [3.05, 3.63) is 29.8 Å². The molecule has 23 heavy (non-hydrogen) atoms. The highest BCUT2D eigenvalue weighted by Crippen LogP contribution is 2.24. The van der Waals surface area contributed by atoms with Gasteiger partial charge in [0.15, 0.2) is 0 Å². The SMILES string of the molecule is CC(C)C1=NO[C@@H](CNC(=O)c2ccccc2N2CCCC2)C1. The maximum absolute atomic E-state index is 12.6. The van der Waals surface area contributed by atoms with Crippen LogP contribution in [0.5, 0.6) is 0 Å². The highest BCUT2D eigenvalue weighted by atomic mass is 16.6. The van der Waals surface area contributed by atoms with Crippen molar-refractivity contribution in [3.63, 3.8) is 0 Å². The third-order valence-electron chi connectivity index (χ3n) is 4.51. The van der Waals surface area contributed by atoms with Gasteiger partial charge in [0.2, 0.25) is 0 Å². The molecule has 1 atom stereocenters. The number of carbonyl (C=O) groups is 1. The molecule has 5 heteroatoms. The maximum Gasteiger partial charge on any atom is 0.253 e. The Morgan fingerprint density at radius 1 is 1.35 bits per heavy atom. The molecule has 1 fully saturated rings. The lowest BCUT2D eigenvalue weighted by Crippen LogP contribution is -2.33. The Hall–Kier alpha value is -2.04.